The van der Waals surface area contributed by atoms with Crippen molar-refractivity contribution in [2.45, 2.75) is 45.7 Å². The largest absolute Gasteiger partial charge is 0.340 e. The number of hydrogen-bond acceptors (Lipinski definition) is 2. The summed E-state index contributed by atoms with van der Waals surface area (Å²) in [6.45, 7) is 8.54. The minimum atomic E-state index is 0.341. The average Bonchev–Trinajstić information content (AvgIpc) is 2.66. The second-order valence-electron chi connectivity index (χ2n) is 7.20. The summed E-state index contributed by atoms with van der Waals surface area (Å²) >= 11 is 0. The summed E-state index contributed by atoms with van der Waals surface area (Å²) in [5, 5.41) is 0. The van der Waals surface area contributed by atoms with E-state index in [1.54, 1.807) is 0 Å². The second kappa shape index (κ2) is 6.82. The number of carbonyl (C=O) groups excluding carboxylic acids is 1. The van der Waals surface area contributed by atoms with Crippen molar-refractivity contribution in [3.05, 3.63) is 35.9 Å². The first-order valence-corrected chi connectivity index (χ1v) is 8.69. The molecule has 2 fully saturated rings. The third kappa shape index (κ3) is 3.52. The first-order valence-electron chi connectivity index (χ1n) is 8.69. The van der Waals surface area contributed by atoms with Crippen molar-refractivity contribution in [2.24, 2.45) is 11.8 Å². The minimum absolute atomic E-state index is 0.341. The summed E-state index contributed by atoms with van der Waals surface area (Å²) in [7, 11) is 0. The molecule has 120 valence electrons. The van der Waals surface area contributed by atoms with E-state index < -0.39 is 0 Å². The van der Waals surface area contributed by atoms with Crippen LogP contribution in [0, 0.1) is 11.8 Å². The van der Waals surface area contributed by atoms with Crippen LogP contribution < -0.4 is 0 Å². The maximum Gasteiger partial charge on any atom is 0.223 e. The summed E-state index contributed by atoms with van der Waals surface area (Å²) in [4.78, 5) is 17.1. The molecule has 3 heteroatoms. The molecule has 2 heterocycles. The Labute approximate surface area is 134 Å². The highest BCUT2D eigenvalue weighted by Gasteiger charge is 2.35. The molecule has 3 rings (SSSR count). The van der Waals surface area contributed by atoms with Crippen LogP contribution in [0.5, 0.6) is 0 Å². The molecule has 0 spiro atoms. The summed E-state index contributed by atoms with van der Waals surface area (Å²) in [5.74, 6) is 1.66. The van der Waals surface area contributed by atoms with Gasteiger partial charge in [0.1, 0.15) is 0 Å². The Morgan fingerprint density at radius 1 is 1.09 bits per heavy atom. The number of benzene rings is 1. The van der Waals surface area contributed by atoms with Crippen LogP contribution in [-0.2, 0) is 11.3 Å². The molecular weight excluding hydrogens is 272 g/mol. The van der Waals surface area contributed by atoms with Gasteiger partial charge in [-0.1, -0.05) is 30.3 Å². The predicted octanol–water partition coefficient (Wildman–Crippen LogP) is 3.16. The highest BCUT2D eigenvalue weighted by Crippen LogP contribution is 2.33. The molecular formula is C19H28N2O. The maximum absolute atomic E-state index is 12.4. The molecule has 1 aromatic rings. The number of fused-ring (bicyclic) bond motifs is 1. The number of nitrogens with zero attached hydrogens (tertiary/aromatic N) is 2. The highest BCUT2D eigenvalue weighted by atomic mass is 16.2. The first kappa shape index (κ1) is 15.5. The number of piperidine rings is 1. The fourth-order valence-corrected chi connectivity index (χ4v) is 4.05. The molecule has 2 unspecified atom stereocenters. The minimum Gasteiger partial charge on any atom is -0.340 e. The molecule has 0 saturated carbocycles. The van der Waals surface area contributed by atoms with Gasteiger partial charge in [0, 0.05) is 32.1 Å². The average molecular weight is 300 g/mol. The Balaban J connectivity index is 1.62. The van der Waals surface area contributed by atoms with Crippen LogP contribution in [0.4, 0.5) is 0 Å². The van der Waals surface area contributed by atoms with Crippen molar-refractivity contribution < 1.29 is 4.79 Å². The quantitative estimate of drug-likeness (QED) is 0.856. The maximum atomic E-state index is 12.4. The first-order chi connectivity index (χ1) is 10.6. The fraction of sp³-hybridized carbons (Fsp3) is 0.632. The van der Waals surface area contributed by atoms with Gasteiger partial charge in [0.2, 0.25) is 5.91 Å². The van der Waals surface area contributed by atoms with Gasteiger partial charge in [0.25, 0.3) is 0 Å². The van der Waals surface area contributed by atoms with Gasteiger partial charge in [-0.05, 0) is 50.6 Å². The van der Waals surface area contributed by atoms with Gasteiger partial charge in [0.05, 0.1) is 0 Å². The van der Waals surface area contributed by atoms with Crippen molar-refractivity contribution in [3.63, 3.8) is 0 Å². The van der Waals surface area contributed by atoms with Gasteiger partial charge in [-0.25, -0.2) is 0 Å². The molecule has 0 bridgehead atoms. The van der Waals surface area contributed by atoms with Crippen molar-refractivity contribution in [1.29, 1.82) is 0 Å². The van der Waals surface area contributed by atoms with Crippen LogP contribution in [0.3, 0.4) is 0 Å². The van der Waals surface area contributed by atoms with E-state index in [0.29, 0.717) is 23.8 Å². The van der Waals surface area contributed by atoms with Crippen LogP contribution in [-0.4, -0.2) is 41.4 Å². The van der Waals surface area contributed by atoms with Gasteiger partial charge in [-0.15, -0.1) is 0 Å². The Hall–Kier alpha value is -1.35. The summed E-state index contributed by atoms with van der Waals surface area (Å²) < 4.78 is 0. The Kier molecular flexibility index (Phi) is 4.82. The van der Waals surface area contributed by atoms with Gasteiger partial charge >= 0.3 is 0 Å². The smallest absolute Gasteiger partial charge is 0.223 e. The van der Waals surface area contributed by atoms with Gasteiger partial charge in [-0.2, -0.15) is 0 Å². The molecule has 1 amide bonds. The van der Waals surface area contributed by atoms with E-state index >= 15 is 0 Å². The van der Waals surface area contributed by atoms with E-state index in [1.807, 2.05) is 0 Å². The van der Waals surface area contributed by atoms with Crippen LogP contribution >= 0.6 is 0 Å². The van der Waals surface area contributed by atoms with Crippen LogP contribution in [0.1, 0.15) is 38.7 Å². The summed E-state index contributed by atoms with van der Waals surface area (Å²) in [5.41, 5.74) is 1.40. The lowest BCUT2D eigenvalue weighted by Crippen LogP contribution is -2.40. The molecule has 2 saturated heterocycles. The number of likely N-dealkylation sites (tertiary alicyclic amines) is 2. The SMILES string of the molecule is CC(C)N1CCC2CN(Cc3ccccc3)CCC2CC1=O. The normalized spacial score (nSPS) is 26.9. The standard InChI is InChI=1S/C19H28N2O/c1-15(2)21-11-9-18-14-20(10-8-17(18)12-19(21)22)13-16-6-4-3-5-7-16/h3-7,15,17-18H,8-14H2,1-2H3. The Morgan fingerprint density at radius 2 is 1.82 bits per heavy atom. The molecule has 22 heavy (non-hydrogen) atoms. The van der Waals surface area contributed by atoms with E-state index in [2.05, 4.69) is 54.0 Å². The van der Waals surface area contributed by atoms with E-state index in [9.17, 15) is 4.79 Å². The zero-order chi connectivity index (χ0) is 15.5. The lowest BCUT2D eigenvalue weighted by atomic mass is 9.82. The molecule has 2 aliphatic rings. The topological polar surface area (TPSA) is 23.6 Å². The van der Waals surface area contributed by atoms with Crippen LogP contribution in [0.2, 0.25) is 0 Å². The molecule has 3 nitrogen and oxygen atoms in total. The fourth-order valence-electron chi connectivity index (χ4n) is 4.05. The van der Waals surface area contributed by atoms with Crippen molar-refractivity contribution in [2.75, 3.05) is 19.6 Å². The predicted molar refractivity (Wildman–Crippen MR) is 89.4 cm³/mol. The van der Waals surface area contributed by atoms with E-state index in [-0.39, 0.29) is 0 Å². The Morgan fingerprint density at radius 3 is 2.55 bits per heavy atom. The monoisotopic (exact) mass is 300 g/mol. The van der Waals surface area contributed by atoms with Crippen LogP contribution in [0.15, 0.2) is 30.3 Å². The van der Waals surface area contributed by atoms with E-state index in [1.165, 1.54) is 18.4 Å². The lowest BCUT2D eigenvalue weighted by Gasteiger charge is -2.37. The molecule has 2 aliphatic heterocycles. The van der Waals surface area contributed by atoms with Gasteiger partial charge in [-0.3, -0.25) is 9.69 Å². The molecule has 1 aromatic carbocycles. The van der Waals surface area contributed by atoms with Gasteiger partial charge < -0.3 is 4.90 Å². The van der Waals surface area contributed by atoms with Crippen molar-refractivity contribution in [1.82, 2.24) is 9.80 Å². The third-order valence-electron chi connectivity index (χ3n) is 5.35. The van der Waals surface area contributed by atoms with Crippen molar-refractivity contribution in [3.8, 4) is 0 Å². The molecule has 0 N–H and O–H groups in total. The number of amides is 1. The molecule has 2 atom stereocenters. The third-order valence-corrected chi connectivity index (χ3v) is 5.35. The summed E-state index contributed by atoms with van der Waals surface area (Å²) in [6, 6.07) is 11.1. The number of rotatable bonds is 3. The van der Waals surface area contributed by atoms with Crippen LogP contribution in [0.25, 0.3) is 0 Å². The molecule has 0 aromatic heterocycles. The van der Waals surface area contributed by atoms with E-state index in [0.717, 1.165) is 32.6 Å². The highest BCUT2D eigenvalue weighted by molar-refractivity contribution is 5.77. The van der Waals surface area contributed by atoms with Crippen molar-refractivity contribution >= 4 is 5.91 Å². The summed E-state index contributed by atoms with van der Waals surface area (Å²) in [6.07, 6.45) is 3.11. The molecule has 0 aliphatic carbocycles. The lowest BCUT2D eigenvalue weighted by molar-refractivity contribution is -0.133. The zero-order valence-corrected chi connectivity index (χ0v) is 13.9. The van der Waals surface area contributed by atoms with Gasteiger partial charge in [0.15, 0.2) is 0 Å². The van der Waals surface area contributed by atoms with E-state index in [4.69, 9.17) is 0 Å². The zero-order valence-electron chi connectivity index (χ0n) is 13.9. The molecule has 0 radical (unpaired) electrons. The Bertz CT molecular complexity index is 499. The number of carbonyl (C=O) groups is 1. The number of hydrogen-bond donors (Lipinski definition) is 0. The second-order valence-corrected chi connectivity index (χ2v) is 7.20.